The van der Waals surface area contributed by atoms with Gasteiger partial charge < -0.3 is 20.4 Å². The average Bonchev–Trinajstić information content (AvgIpc) is 3.13. The number of fused-ring (bicyclic) bond motifs is 1. The Labute approximate surface area is 379 Å². The Hall–Kier alpha value is -4.17. The van der Waals surface area contributed by atoms with Crippen LogP contribution in [0.4, 0.5) is 34.1 Å². The van der Waals surface area contributed by atoms with Gasteiger partial charge in [0.1, 0.15) is 22.6 Å². The molecule has 0 heterocycles. The zero-order chi connectivity index (χ0) is 37.0. The largest absolute Gasteiger partial charge is 0.507 e. The summed E-state index contributed by atoms with van der Waals surface area (Å²) in [6, 6.07) is 28.9. The van der Waals surface area contributed by atoms with Gasteiger partial charge in [0.2, 0.25) is 0 Å². The second-order valence-electron chi connectivity index (χ2n) is 11.0. The van der Waals surface area contributed by atoms with Crippen LogP contribution < -0.4 is 0 Å². The maximum Gasteiger partial charge on any atom is 0.339 e. The van der Waals surface area contributed by atoms with E-state index in [-0.39, 0.29) is 133 Å². The molecule has 6 aromatic rings. The van der Waals surface area contributed by atoms with Crippen molar-refractivity contribution >= 4 is 156 Å². The molecular formula is C36H24N6Na3O9S. The number of azo groups is 3. The second-order valence-corrected chi connectivity index (χ2v) is 12.4. The van der Waals surface area contributed by atoms with E-state index in [9.17, 15) is 43.0 Å². The monoisotopic (exact) mass is 785 g/mol. The molecule has 0 bridgehead atoms. The number of nitrogens with zero attached hydrogens (tertiary/aromatic N) is 6. The predicted molar refractivity (Wildman–Crippen MR) is 206 cm³/mol. The van der Waals surface area contributed by atoms with Crippen LogP contribution in [0.25, 0.3) is 21.9 Å². The van der Waals surface area contributed by atoms with Crippen molar-refractivity contribution < 1.29 is 43.0 Å². The van der Waals surface area contributed by atoms with Gasteiger partial charge in [0.15, 0.2) is 0 Å². The Morgan fingerprint density at radius 2 is 0.836 bits per heavy atom. The summed E-state index contributed by atoms with van der Waals surface area (Å²) in [5, 5.41) is 63.6. The van der Waals surface area contributed by atoms with Crippen LogP contribution >= 0.6 is 0 Å². The molecule has 0 saturated heterocycles. The van der Waals surface area contributed by atoms with Crippen molar-refractivity contribution in [2.24, 2.45) is 30.7 Å². The van der Waals surface area contributed by atoms with E-state index in [1.807, 2.05) is 24.3 Å². The van der Waals surface area contributed by atoms with Crippen LogP contribution in [0.1, 0.15) is 20.7 Å². The maximum absolute atomic E-state index is 11.9. The number of rotatable bonds is 10. The van der Waals surface area contributed by atoms with E-state index in [0.29, 0.717) is 22.4 Å². The first-order valence-corrected chi connectivity index (χ1v) is 16.4. The van der Waals surface area contributed by atoms with Crippen molar-refractivity contribution in [3.05, 3.63) is 126 Å². The summed E-state index contributed by atoms with van der Waals surface area (Å²) >= 11 is 0. The van der Waals surface area contributed by atoms with Crippen LogP contribution in [0.3, 0.4) is 0 Å². The van der Waals surface area contributed by atoms with E-state index in [2.05, 4.69) is 30.7 Å². The molecule has 3 radical (unpaired) electrons. The fourth-order valence-corrected chi connectivity index (χ4v) is 5.43. The summed E-state index contributed by atoms with van der Waals surface area (Å²) in [7, 11) is -4.57. The third kappa shape index (κ3) is 11.2. The molecule has 0 aliphatic rings. The molecule has 6 aromatic carbocycles. The molecule has 6 rings (SSSR count). The summed E-state index contributed by atoms with van der Waals surface area (Å²) < 4.78 is 33.5. The van der Waals surface area contributed by atoms with Gasteiger partial charge in [-0.25, -0.2) is 9.59 Å². The number of carboxylic acid groups (broad SMARTS) is 2. The van der Waals surface area contributed by atoms with Crippen LogP contribution in [-0.2, 0) is 10.1 Å². The van der Waals surface area contributed by atoms with Crippen molar-refractivity contribution in [2.45, 2.75) is 4.90 Å². The molecule has 0 aliphatic heterocycles. The molecule has 15 nitrogen and oxygen atoms in total. The van der Waals surface area contributed by atoms with Crippen LogP contribution in [0, 0.1) is 0 Å². The Morgan fingerprint density at radius 1 is 0.455 bits per heavy atom. The van der Waals surface area contributed by atoms with Gasteiger partial charge in [0.05, 0.1) is 39.0 Å². The van der Waals surface area contributed by atoms with Gasteiger partial charge in [-0.2, -0.15) is 28.9 Å². The van der Waals surface area contributed by atoms with Crippen molar-refractivity contribution in [1.29, 1.82) is 0 Å². The van der Waals surface area contributed by atoms with E-state index in [4.69, 9.17) is 0 Å². The van der Waals surface area contributed by atoms with Crippen LogP contribution in [0.15, 0.2) is 151 Å². The SMILES string of the molecule is O=C(O)c1cc(N=Nc2ccc(-c3ccc(N=Nc4ccc(N=Nc5ccc(O)c(C(=O)O)c5)c5cc(S(=O)(=O)O)ccc45)cc3)cc2)ccc1O.[Na].[Na].[Na]. The van der Waals surface area contributed by atoms with Crippen molar-refractivity contribution in [3.8, 4) is 22.6 Å². The van der Waals surface area contributed by atoms with E-state index in [0.717, 1.165) is 23.3 Å². The average molecular weight is 786 g/mol. The summed E-state index contributed by atoms with van der Waals surface area (Å²) in [6.07, 6.45) is 0. The zero-order valence-electron chi connectivity index (χ0n) is 29.4. The number of hydrogen-bond acceptors (Lipinski definition) is 12. The number of aromatic carboxylic acids is 2. The number of aromatic hydroxyl groups is 2. The van der Waals surface area contributed by atoms with E-state index < -0.39 is 27.8 Å². The molecule has 0 atom stereocenters. The number of carbonyl (C=O) groups is 2. The molecule has 0 aromatic heterocycles. The van der Waals surface area contributed by atoms with Gasteiger partial charge in [0.25, 0.3) is 10.1 Å². The Morgan fingerprint density at radius 3 is 1.27 bits per heavy atom. The first kappa shape index (κ1) is 45.2. The molecule has 0 aliphatic carbocycles. The molecule has 0 amide bonds. The second kappa shape index (κ2) is 19.6. The van der Waals surface area contributed by atoms with Crippen LogP contribution in [0.5, 0.6) is 11.5 Å². The predicted octanol–water partition coefficient (Wildman–Crippen LogP) is 8.66. The Kier molecular flexibility index (Phi) is 16.1. The van der Waals surface area contributed by atoms with E-state index in [1.165, 1.54) is 48.5 Å². The molecule has 5 N–H and O–H groups in total. The van der Waals surface area contributed by atoms with Gasteiger partial charge >= 0.3 is 11.9 Å². The number of carboxylic acids is 2. The van der Waals surface area contributed by atoms with Crippen molar-refractivity contribution in [3.63, 3.8) is 0 Å². The molecule has 0 unspecified atom stereocenters. The van der Waals surface area contributed by atoms with Crippen molar-refractivity contribution in [2.75, 3.05) is 0 Å². The Bertz CT molecular complexity index is 2590. The van der Waals surface area contributed by atoms with Gasteiger partial charge in [-0.05, 0) is 96.1 Å². The maximum atomic E-state index is 11.9. The van der Waals surface area contributed by atoms with Crippen LogP contribution in [-0.4, -0.2) is 134 Å². The quantitative estimate of drug-likeness (QED) is 0.0506. The van der Waals surface area contributed by atoms with Gasteiger partial charge in [-0.3, -0.25) is 4.55 Å². The zero-order valence-corrected chi connectivity index (χ0v) is 36.2. The molecule has 261 valence electrons. The minimum Gasteiger partial charge on any atom is -0.507 e. The summed E-state index contributed by atoms with van der Waals surface area (Å²) in [6.45, 7) is 0. The fourth-order valence-electron chi connectivity index (χ4n) is 4.93. The summed E-state index contributed by atoms with van der Waals surface area (Å²) in [4.78, 5) is 22.2. The fraction of sp³-hybridized carbons (Fsp3) is 0. The number of phenols is 2. The first-order chi connectivity index (χ1) is 24.9. The third-order valence-corrected chi connectivity index (χ3v) is 8.41. The third-order valence-electron chi connectivity index (χ3n) is 7.56. The number of benzene rings is 6. The van der Waals surface area contributed by atoms with E-state index >= 15 is 0 Å². The standard InChI is InChI=1S/C36H24N6O9S.3Na/c43-33-15-9-24(17-29(33)35(45)46)39-37-22-5-1-20(2-6-22)21-3-7-23(8-4-21)38-41-31-13-14-32(28-19-26(52(49,50)51)11-12-27(28)31)42-40-25-10-16-34(44)30(18-25)36(47)48;;;/h1-19,43-44H,(H,45,46)(H,47,48)(H,49,50,51);;;. The van der Waals surface area contributed by atoms with Gasteiger partial charge in [0, 0.05) is 99.4 Å². The van der Waals surface area contributed by atoms with E-state index in [1.54, 1.807) is 30.3 Å². The normalized spacial score (nSPS) is 11.3. The smallest absolute Gasteiger partial charge is 0.339 e. The number of hydrogen-bond donors (Lipinski definition) is 5. The summed E-state index contributed by atoms with van der Waals surface area (Å²) in [5.74, 6) is -3.44. The molecule has 0 fully saturated rings. The van der Waals surface area contributed by atoms with Gasteiger partial charge in [-0.1, -0.05) is 30.3 Å². The minimum absolute atomic E-state index is 0. The molecule has 0 saturated carbocycles. The molecule has 19 heteroatoms. The van der Waals surface area contributed by atoms with Gasteiger partial charge in [-0.15, -0.1) is 10.2 Å². The molecular weight excluding hydrogens is 761 g/mol. The first-order valence-electron chi connectivity index (χ1n) is 15.0. The van der Waals surface area contributed by atoms with Crippen molar-refractivity contribution in [1.82, 2.24) is 0 Å². The molecule has 55 heavy (non-hydrogen) atoms. The molecule has 0 spiro atoms. The topological polar surface area (TPSA) is 244 Å². The summed E-state index contributed by atoms with van der Waals surface area (Å²) in [5.41, 5.74) is 3.06. The Balaban J connectivity index is 0.00000271. The van der Waals surface area contributed by atoms with Crippen LogP contribution in [0.2, 0.25) is 0 Å². The minimum atomic E-state index is -4.57.